The van der Waals surface area contributed by atoms with Crippen molar-refractivity contribution >= 4 is 45.6 Å². The molecule has 0 radical (unpaired) electrons. The van der Waals surface area contributed by atoms with E-state index in [2.05, 4.69) is 28.7 Å². The van der Waals surface area contributed by atoms with Gasteiger partial charge in [-0.1, -0.05) is 12.1 Å². The van der Waals surface area contributed by atoms with Gasteiger partial charge in [0.25, 0.3) is 0 Å². The summed E-state index contributed by atoms with van der Waals surface area (Å²) in [7, 11) is 1.36. The van der Waals surface area contributed by atoms with E-state index in [9.17, 15) is 4.79 Å². The molecule has 0 spiro atoms. The number of carbonyl (C=O) groups is 1. The fourth-order valence-corrected chi connectivity index (χ4v) is 3.36. The molecule has 1 aromatic carbocycles. The Morgan fingerprint density at radius 3 is 2.78 bits per heavy atom. The highest BCUT2D eigenvalue weighted by molar-refractivity contribution is 14.1. The minimum atomic E-state index is -0.377. The molecule has 0 unspecified atom stereocenters. The lowest BCUT2D eigenvalue weighted by Crippen LogP contribution is -2.01. The van der Waals surface area contributed by atoms with Crippen LogP contribution in [0.4, 0.5) is 5.69 Å². The number of methoxy groups -OCH3 is 1. The second kappa shape index (κ2) is 5.27. The van der Waals surface area contributed by atoms with Gasteiger partial charge in [-0.2, -0.15) is 0 Å². The minimum Gasteiger partial charge on any atom is -0.465 e. The number of hydrogen-bond acceptors (Lipinski definition) is 4. The van der Waals surface area contributed by atoms with Gasteiger partial charge >= 0.3 is 5.97 Å². The summed E-state index contributed by atoms with van der Waals surface area (Å²) in [6.07, 6.45) is 0. The van der Waals surface area contributed by atoms with Gasteiger partial charge in [0, 0.05) is 8.45 Å². The second-order valence-electron chi connectivity index (χ2n) is 3.80. The molecule has 0 aliphatic heterocycles. The Kier molecular flexibility index (Phi) is 3.91. The van der Waals surface area contributed by atoms with Crippen LogP contribution in [0.5, 0.6) is 0 Å². The number of benzene rings is 1. The zero-order valence-corrected chi connectivity index (χ0v) is 13.0. The van der Waals surface area contributed by atoms with Crippen LogP contribution in [0.3, 0.4) is 0 Å². The van der Waals surface area contributed by atoms with E-state index in [4.69, 9.17) is 10.5 Å². The summed E-state index contributed by atoms with van der Waals surface area (Å²) in [5.74, 6) is -0.377. The molecule has 5 heteroatoms. The molecule has 2 N–H and O–H groups in total. The van der Waals surface area contributed by atoms with E-state index in [-0.39, 0.29) is 5.97 Å². The maximum Gasteiger partial charge on any atom is 0.350 e. The minimum absolute atomic E-state index is 0.377. The number of halogens is 1. The summed E-state index contributed by atoms with van der Waals surface area (Å²) >= 11 is 3.64. The third-order valence-corrected chi connectivity index (χ3v) is 4.66. The number of thiophene rings is 1. The Labute approximate surface area is 123 Å². The molecule has 3 nitrogen and oxygen atoms in total. The normalized spacial score (nSPS) is 10.4. The predicted octanol–water partition coefficient (Wildman–Crippen LogP) is 3.70. The van der Waals surface area contributed by atoms with Crippen molar-refractivity contribution in [2.24, 2.45) is 0 Å². The molecule has 94 valence electrons. The average molecular weight is 373 g/mol. The van der Waals surface area contributed by atoms with Gasteiger partial charge < -0.3 is 10.5 Å². The molecule has 0 aliphatic rings. The van der Waals surface area contributed by atoms with Crippen LogP contribution in [0.1, 0.15) is 15.2 Å². The number of carbonyl (C=O) groups excluding carboxylic acids is 1. The Hall–Kier alpha value is -1.08. The van der Waals surface area contributed by atoms with E-state index in [1.54, 1.807) is 0 Å². The van der Waals surface area contributed by atoms with Gasteiger partial charge in [-0.15, -0.1) is 11.3 Å². The fraction of sp³-hybridized carbons (Fsp3) is 0.154. The quantitative estimate of drug-likeness (QED) is 0.645. The maximum atomic E-state index is 11.6. The van der Waals surface area contributed by atoms with Crippen molar-refractivity contribution in [1.82, 2.24) is 0 Å². The van der Waals surface area contributed by atoms with Gasteiger partial charge in [0.15, 0.2) is 0 Å². The number of hydrogen-bond donors (Lipinski definition) is 1. The van der Waals surface area contributed by atoms with E-state index in [1.165, 1.54) is 18.4 Å². The highest BCUT2D eigenvalue weighted by Crippen LogP contribution is 2.38. The average Bonchev–Trinajstić information content (AvgIpc) is 2.66. The highest BCUT2D eigenvalue weighted by atomic mass is 127. The number of nitrogen functional groups attached to an aromatic ring is 1. The largest absolute Gasteiger partial charge is 0.465 e. The molecule has 1 heterocycles. The molecule has 0 atom stereocenters. The van der Waals surface area contributed by atoms with Crippen LogP contribution in [-0.4, -0.2) is 13.1 Å². The van der Waals surface area contributed by atoms with Crippen LogP contribution in [0.15, 0.2) is 24.3 Å². The molecule has 18 heavy (non-hydrogen) atoms. The Morgan fingerprint density at radius 2 is 2.17 bits per heavy atom. The molecule has 0 aliphatic carbocycles. The second-order valence-corrected chi connectivity index (χ2v) is 6.07. The first kappa shape index (κ1) is 13.4. The van der Waals surface area contributed by atoms with E-state index in [0.29, 0.717) is 10.6 Å². The van der Waals surface area contributed by atoms with E-state index in [1.807, 2.05) is 25.1 Å². The third kappa shape index (κ3) is 2.37. The lowest BCUT2D eigenvalue weighted by Gasteiger charge is -2.00. The lowest BCUT2D eigenvalue weighted by atomic mass is 10.1. The first-order chi connectivity index (χ1) is 8.54. The molecule has 2 rings (SSSR count). The molecule has 0 amide bonds. The zero-order chi connectivity index (χ0) is 13.3. The first-order valence-corrected chi connectivity index (χ1v) is 7.17. The molecule has 0 saturated heterocycles. The maximum absolute atomic E-state index is 11.6. The monoisotopic (exact) mass is 373 g/mol. The van der Waals surface area contributed by atoms with E-state index >= 15 is 0 Å². The van der Waals surface area contributed by atoms with Crippen LogP contribution >= 0.6 is 33.9 Å². The van der Waals surface area contributed by atoms with Gasteiger partial charge in [0.05, 0.1) is 12.8 Å². The molecule has 0 saturated carbocycles. The fourth-order valence-electron chi connectivity index (χ4n) is 1.68. The summed E-state index contributed by atoms with van der Waals surface area (Å²) in [4.78, 5) is 13.1. The van der Waals surface area contributed by atoms with Crippen molar-refractivity contribution in [3.05, 3.63) is 38.3 Å². The van der Waals surface area contributed by atoms with Crippen LogP contribution < -0.4 is 5.73 Å². The number of ether oxygens (including phenoxy) is 1. The molecule has 1 aromatic heterocycles. The van der Waals surface area contributed by atoms with Crippen molar-refractivity contribution in [3.63, 3.8) is 0 Å². The first-order valence-electron chi connectivity index (χ1n) is 5.27. The molecule has 2 aromatic rings. The van der Waals surface area contributed by atoms with Crippen LogP contribution in [0.2, 0.25) is 0 Å². The number of nitrogens with two attached hydrogens (primary N) is 1. The Morgan fingerprint density at radius 1 is 1.44 bits per heavy atom. The summed E-state index contributed by atoms with van der Waals surface area (Å²) in [6.45, 7) is 1.92. The Balaban J connectivity index is 2.56. The van der Waals surface area contributed by atoms with Gasteiger partial charge in [-0.3, -0.25) is 0 Å². The van der Waals surface area contributed by atoms with Gasteiger partial charge in [0.2, 0.25) is 0 Å². The standard InChI is InChI=1S/C13H12INO2S/c1-7-10(15)12(13(16)17-2)18-11(7)8-4-3-5-9(14)6-8/h3-6H,15H2,1-2H3. The van der Waals surface area contributed by atoms with Crippen molar-refractivity contribution in [2.45, 2.75) is 6.92 Å². The summed E-state index contributed by atoms with van der Waals surface area (Å²) in [5.41, 5.74) is 8.49. The number of esters is 1. The van der Waals surface area contributed by atoms with Crippen molar-refractivity contribution in [2.75, 3.05) is 12.8 Å². The van der Waals surface area contributed by atoms with Crippen LogP contribution in [0.25, 0.3) is 10.4 Å². The summed E-state index contributed by atoms with van der Waals surface area (Å²) < 4.78 is 5.88. The van der Waals surface area contributed by atoms with Gasteiger partial charge in [0.1, 0.15) is 4.88 Å². The van der Waals surface area contributed by atoms with Crippen molar-refractivity contribution in [1.29, 1.82) is 0 Å². The molecular weight excluding hydrogens is 361 g/mol. The molecule has 0 fully saturated rings. The smallest absolute Gasteiger partial charge is 0.350 e. The van der Waals surface area contributed by atoms with Crippen molar-refractivity contribution in [3.8, 4) is 10.4 Å². The third-order valence-electron chi connectivity index (χ3n) is 2.65. The zero-order valence-electron chi connectivity index (χ0n) is 9.99. The van der Waals surface area contributed by atoms with Gasteiger partial charge in [-0.05, 0) is 52.8 Å². The highest BCUT2D eigenvalue weighted by Gasteiger charge is 2.19. The molecular formula is C13H12INO2S. The predicted molar refractivity (Wildman–Crippen MR) is 83.0 cm³/mol. The summed E-state index contributed by atoms with van der Waals surface area (Å²) in [6, 6.07) is 8.10. The summed E-state index contributed by atoms with van der Waals surface area (Å²) in [5, 5.41) is 0. The molecule has 0 bridgehead atoms. The van der Waals surface area contributed by atoms with Gasteiger partial charge in [-0.25, -0.2) is 4.79 Å². The SMILES string of the molecule is COC(=O)c1sc(-c2cccc(I)c2)c(C)c1N. The van der Waals surface area contributed by atoms with Crippen molar-refractivity contribution < 1.29 is 9.53 Å². The number of rotatable bonds is 2. The van der Waals surface area contributed by atoms with E-state index in [0.717, 1.165) is 19.6 Å². The lowest BCUT2D eigenvalue weighted by molar-refractivity contribution is 0.0607. The van der Waals surface area contributed by atoms with E-state index < -0.39 is 0 Å². The van der Waals surface area contributed by atoms with Crippen LogP contribution in [0, 0.1) is 10.5 Å². The number of anilines is 1. The Bertz CT molecular complexity index is 607. The topological polar surface area (TPSA) is 52.3 Å². The van der Waals surface area contributed by atoms with Crippen LogP contribution in [-0.2, 0) is 4.74 Å².